The van der Waals surface area contributed by atoms with Gasteiger partial charge in [0.2, 0.25) is 0 Å². The van der Waals surface area contributed by atoms with Crippen LogP contribution in [-0.4, -0.2) is 80.1 Å². The highest BCUT2D eigenvalue weighted by atomic mass is 16.5. The van der Waals surface area contributed by atoms with Crippen molar-refractivity contribution in [3.63, 3.8) is 0 Å². The van der Waals surface area contributed by atoms with Crippen LogP contribution < -0.4 is 4.74 Å². The van der Waals surface area contributed by atoms with Crippen molar-refractivity contribution in [1.82, 2.24) is 14.7 Å². The SMILES string of the molecule is CN(C)[C@H]1CCN(CCCOc2ccc(-c3ccc(C(=O)N4CCCC4)cc3)cc2)C1. The summed E-state index contributed by atoms with van der Waals surface area (Å²) in [7, 11) is 4.34. The Morgan fingerprint density at radius 2 is 1.61 bits per heavy atom. The van der Waals surface area contributed by atoms with Crippen LogP contribution in [0.15, 0.2) is 48.5 Å². The largest absolute Gasteiger partial charge is 0.494 e. The van der Waals surface area contributed by atoms with Crippen LogP contribution in [-0.2, 0) is 0 Å². The number of nitrogens with zero attached hydrogens (tertiary/aromatic N) is 3. The molecule has 1 amide bonds. The maximum Gasteiger partial charge on any atom is 0.253 e. The molecule has 0 aromatic heterocycles. The van der Waals surface area contributed by atoms with Crippen LogP contribution in [0.5, 0.6) is 5.75 Å². The first-order valence-electron chi connectivity index (χ1n) is 11.6. The van der Waals surface area contributed by atoms with E-state index < -0.39 is 0 Å². The van der Waals surface area contributed by atoms with Crippen LogP contribution in [0.1, 0.15) is 36.0 Å². The van der Waals surface area contributed by atoms with Crippen molar-refractivity contribution in [2.45, 2.75) is 31.7 Å². The Morgan fingerprint density at radius 1 is 0.968 bits per heavy atom. The first-order valence-corrected chi connectivity index (χ1v) is 11.6. The van der Waals surface area contributed by atoms with Crippen LogP contribution in [0.4, 0.5) is 0 Å². The number of likely N-dealkylation sites (N-methyl/N-ethyl adjacent to an activating group) is 1. The topological polar surface area (TPSA) is 36.0 Å². The zero-order chi connectivity index (χ0) is 21.6. The van der Waals surface area contributed by atoms with Crippen LogP contribution in [0.3, 0.4) is 0 Å². The van der Waals surface area contributed by atoms with E-state index in [0.717, 1.165) is 67.9 Å². The van der Waals surface area contributed by atoms with E-state index in [1.54, 1.807) is 0 Å². The Hall–Kier alpha value is -2.37. The summed E-state index contributed by atoms with van der Waals surface area (Å²) >= 11 is 0. The van der Waals surface area contributed by atoms with Gasteiger partial charge < -0.3 is 19.4 Å². The summed E-state index contributed by atoms with van der Waals surface area (Å²) in [5, 5.41) is 0. The minimum atomic E-state index is 0.152. The Morgan fingerprint density at radius 3 is 2.23 bits per heavy atom. The number of amides is 1. The number of benzene rings is 2. The van der Waals surface area contributed by atoms with Gasteiger partial charge in [-0.05, 0) is 81.7 Å². The van der Waals surface area contributed by atoms with Gasteiger partial charge in [-0.2, -0.15) is 0 Å². The third-order valence-electron chi connectivity index (χ3n) is 6.58. The van der Waals surface area contributed by atoms with Crippen LogP contribution in [0.25, 0.3) is 11.1 Å². The molecule has 5 nitrogen and oxygen atoms in total. The lowest BCUT2D eigenvalue weighted by Crippen LogP contribution is -2.32. The van der Waals surface area contributed by atoms with Crippen LogP contribution in [0, 0.1) is 0 Å². The summed E-state index contributed by atoms with van der Waals surface area (Å²) in [5.41, 5.74) is 3.04. The van der Waals surface area contributed by atoms with Gasteiger partial charge in [-0.1, -0.05) is 24.3 Å². The highest BCUT2D eigenvalue weighted by Crippen LogP contribution is 2.24. The Balaban J connectivity index is 1.23. The Kier molecular flexibility index (Phi) is 7.25. The minimum Gasteiger partial charge on any atom is -0.494 e. The lowest BCUT2D eigenvalue weighted by molar-refractivity contribution is 0.0793. The molecule has 0 N–H and O–H groups in total. The minimum absolute atomic E-state index is 0.152. The predicted molar refractivity (Wildman–Crippen MR) is 126 cm³/mol. The molecule has 2 heterocycles. The van der Waals surface area contributed by atoms with Gasteiger partial charge in [-0.25, -0.2) is 0 Å². The molecule has 2 aliphatic rings. The predicted octanol–water partition coefficient (Wildman–Crippen LogP) is 3.99. The van der Waals surface area contributed by atoms with Gasteiger partial charge >= 0.3 is 0 Å². The fourth-order valence-corrected chi connectivity index (χ4v) is 4.57. The molecule has 0 aliphatic carbocycles. The van der Waals surface area contributed by atoms with Crippen molar-refractivity contribution in [2.75, 3.05) is 53.4 Å². The van der Waals surface area contributed by atoms with Crippen molar-refractivity contribution >= 4 is 5.91 Å². The number of ether oxygens (including phenoxy) is 1. The number of rotatable bonds is 8. The molecule has 2 aromatic carbocycles. The molecule has 0 spiro atoms. The number of carbonyl (C=O) groups is 1. The second-order valence-electron chi connectivity index (χ2n) is 9.01. The van der Waals surface area contributed by atoms with Crippen molar-refractivity contribution in [3.8, 4) is 16.9 Å². The smallest absolute Gasteiger partial charge is 0.253 e. The van der Waals surface area contributed by atoms with E-state index in [0.29, 0.717) is 6.04 Å². The molecule has 0 unspecified atom stereocenters. The van der Waals surface area contributed by atoms with Crippen molar-refractivity contribution in [3.05, 3.63) is 54.1 Å². The standard InChI is InChI=1S/C26H35N3O2/c1-27(2)24-14-18-28(20-24)15-5-19-31-25-12-10-22(11-13-25)21-6-8-23(9-7-21)26(30)29-16-3-4-17-29/h6-13,24H,3-5,14-20H2,1-2H3/t24-/m0/s1. The van der Waals surface area contributed by atoms with Crippen molar-refractivity contribution in [2.24, 2.45) is 0 Å². The molecule has 2 fully saturated rings. The quantitative estimate of drug-likeness (QED) is 0.604. The zero-order valence-electron chi connectivity index (χ0n) is 18.9. The molecule has 31 heavy (non-hydrogen) atoms. The molecule has 0 radical (unpaired) electrons. The molecular formula is C26H35N3O2. The average molecular weight is 422 g/mol. The molecule has 2 aliphatic heterocycles. The molecule has 166 valence electrons. The van der Waals surface area contributed by atoms with E-state index in [4.69, 9.17) is 4.74 Å². The normalized spacial score (nSPS) is 19.3. The van der Waals surface area contributed by atoms with E-state index in [1.807, 2.05) is 41.3 Å². The Labute approximate surface area is 186 Å². The molecule has 0 bridgehead atoms. The summed E-state index contributed by atoms with van der Waals surface area (Å²) in [6.45, 7) is 5.98. The molecule has 2 saturated heterocycles. The first-order chi connectivity index (χ1) is 15.1. The third kappa shape index (κ3) is 5.66. The van der Waals surface area contributed by atoms with E-state index >= 15 is 0 Å². The van der Waals surface area contributed by atoms with E-state index in [9.17, 15) is 4.79 Å². The lowest BCUT2D eigenvalue weighted by atomic mass is 10.0. The summed E-state index contributed by atoms with van der Waals surface area (Å²) in [4.78, 5) is 19.3. The lowest BCUT2D eigenvalue weighted by Gasteiger charge is -2.20. The van der Waals surface area contributed by atoms with Gasteiger partial charge in [0.05, 0.1) is 6.61 Å². The fourth-order valence-electron chi connectivity index (χ4n) is 4.57. The second-order valence-corrected chi connectivity index (χ2v) is 9.01. The number of likely N-dealkylation sites (tertiary alicyclic amines) is 2. The molecular weight excluding hydrogens is 386 g/mol. The second kappa shape index (κ2) is 10.3. The average Bonchev–Trinajstić information content (AvgIpc) is 3.49. The highest BCUT2D eigenvalue weighted by Gasteiger charge is 2.23. The van der Waals surface area contributed by atoms with Gasteiger partial charge in [0.25, 0.3) is 5.91 Å². The first kappa shape index (κ1) is 21.8. The molecule has 5 heteroatoms. The zero-order valence-corrected chi connectivity index (χ0v) is 18.9. The summed E-state index contributed by atoms with van der Waals surface area (Å²) in [5.74, 6) is 1.07. The summed E-state index contributed by atoms with van der Waals surface area (Å²) in [6.07, 6.45) is 4.55. The van der Waals surface area contributed by atoms with Gasteiger partial charge in [0, 0.05) is 37.8 Å². The van der Waals surface area contributed by atoms with E-state index in [-0.39, 0.29) is 5.91 Å². The van der Waals surface area contributed by atoms with E-state index in [2.05, 4.69) is 36.0 Å². The van der Waals surface area contributed by atoms with Crippen LogP contribution >= 0.6 is 0 Å². The highest BCUT2D eigenvalue weighted by molar-refractivity contribution is 5.94. The maximum absolute atomic E-state index is 12.5. The Bertz CT molecular complexity index is 842. The van der Waals surface area contributed by atoms with E-state index in [1.165, 1.54) is 19.5 Å². The van der Waals surface area contributed by atoms with Crippen molar-refractivity contribution < 1.29 is 9.53 Å². The number of carbonyl (C=O) groups excluding carboxylic acids is 1. The van der Waals surface area contributed by atoms with Crippen molar-refractivity contribution in [1.29, 1.82) is 0 Å². The number of hydrogen-bond donors (Lipinski definition) is 0. The van der Waals surface area contributed by atoms with Gasteiger partial charge in [0.1, 0.15) is 5.75 Å². The number of hydrogen-bond acceptors (Lipinski definition) is 4. The fraction of sp³-hybridized carbons (Fsp3) is 0.500. The molecule has 1 atom stereocenters. The van der Waals surface area contributed by atoms with Crippen LogP contribution in [0.2, 0.25) is 0 Å². The van der Waals surface area contributed by atoms with Gasteiger partial charge in [-0.3, -0.25) is 4.79 Å². The summed E-state index contributed by atoms with van der Waals surface area (Å²) in [6, 6.07) is 16.9. The molecule has 4 rings (SSSR count). The monoisotopic (exact) mass is 421 g/mol. The van der Waals surface area contributed by atoms with Gasteiger partial charge in [-0.15, -0.1) is 0 Å². The summed E-state index contributed by atoms with van der Waals surface area (Å²) < 4.78 is 5.95. The maximum atomic E-state index is 12.5. The third-order valence-corrected chi connectivity index (χ3v) is 6.58. The molecule has 2 aromatic rings. The molecule has 0 saturated carbocycles. The van der Waals surface area contributed by atoms with Gasteiger partial charge in [0.15, 0.2) is 0 Å².